The number of hydrogen-bond donors (Lipinski definition) is 2. The van der Waals surface area contributed by atoms with Crippen LogP contribution in [0.5, 0.6) is 0 Å². The van der Waals surface area contributed by atoms with Crippen molar-refractivity contribution in [2.45, 2.75) is 6.18 Å². The molecule has 2 aromatic rings. The molecule has 2 nitrogen and oxygen atoms in total. The van der Waals surface area contributed by atoms with Crippen LogP contribution < -0.4 is 11.5 Å². The van der Waals surface area contributed by atoms with E-state index in [1.54, 1.807) is 18.2 Å². The normalized spacial score (nSPS) is 11.5. The summed E-state index contributed by atoms with van der Waals surface area (Å²) in [6.07, 6.45) is -4.33. The van der Waals surface area contributed by atoms with Crippen LogP contribution in [0.25, 0.3) is 11.1 Å². The third kappa shape index (κ3) is 2.40. The molecule has 0 radical (unpaired) electrons. The molecule has 0 amide bonds. The van der Waals surface area contributed by atoms with E-state index in [-0.39, 0.29) is 0 Å². The van der Waals surface area contributed by atoms with Crippen LogP contribution in [0.2, 0.25) is 0 Å². The second kappa shape index (κ2) is 4.25. The van der Waals surface area contributed by atoms with Crippen molar-refractivity contribution in [3.63, 3.8) is 0 Å². The van der Waals surface area contributed by atoms with Crippen LogP contribution in [-0.4, -0.2) is 0 Å². The Bertz CT molecular complexity index is 559. The number of rotatable bonds is 1. The molecule has 4 N–H and O–H groups in total. The maximum Gasteiger partial charge on any atom is 0.416 e. The largest absolute Gasteiger partial charge is 0.416 e. The van der Waals surface area contributed by atoms with Crippen molar-refractivity contribution < 1.29 is 13.2 Å². The molecule has 0 unspecified atom stereocenters. The molecular formula is C13H11F3N2. The Kier molecular flexibility index (Phi) is 2.90. The summed E-state index contributed by atoms with van der Waals surface area (Å²) in [6, 6.07) is 9.77. The van der Waals surface area contributed by atoms with Crippen LogP contribution in [0.4, 0.5) is 24.5 Å². The van der Waals surface area contributed by atoms with E-state index in [4.69, 9.17) is 11.5 Å². The maximum atomic E-state index is 12.4. The van der Waals surface area contributed by atoms with E-state index < -0.39 is 11.7 Å². The van der Waals surface area contributed by atoms with Crippen molar-refractivity contribution in [1.82, 2.24) is 0 Å². The van der Waals surface area contributed by atoms with E-state index in [0.29, 0.717) is 22.5 Å². The first-order chi connectivity index (χ1) is 8.38. The van der Waals surface area contributed by atoms with E-state index in [9.17, 15) is 13.2 Å². The minimum Gasteiger partial charge on any atom is -0.399 e. The van der Waals surface area contributed by atoms with Gasteiger partial charge in [0.25, 0.3) is 0 Å². The molecule has 0 spiro atoms. The molecule has 0 aliphatic carbocycles. The Labute approximate surface area is 102 Å². The lowest BCUT2D eigenvalue weighted by molar-refractivity contribution is -0.137. The highest BCUT2D eigenvalue weighted by molar-refractivity contribution is 5.78. The van der Waals surface area contributed by atoms with Gasteiger partial charge in [-0.15, -0.1) is 0 Å². The topological polar surface area (TPSA) is 52.0 Å². The summed E-state index contributed by atoms with van der Waals surface area (Å²) in [7, 11) is 0. The molecule has 94 valence electrons. The Morgan fingerprint density at radius 1 is 0.833 bits per heavy atom. The van der Waals surface area contributed by atoms with Gasteiger partial charge in [-0.1, -0.05) is 18.2 Å². The number of benzene rings is 2. The molecule has 2 aromatic carbocycles. The lowest BCUT2D eigenvalue weighted by Crippen LogP contribution is -2.04. The van der Waals surface area contributed by atoms with E-state index >= 15 is 0 Å². The van der Waals surface area contributed by atoms with Crippen molar-refractivity contribution >= 4 is 11.4 Å². The molecule has 2 rings (SSSR count). The third-order valence-corrected chi connectivity index (χ3v) is 2.60. The summed E-state index contributed by atoms with van der Waals surface area (Å²) in [5.74, 6) is 0. The number of alkyl halides is 3. The van der Waals surface area contributed by atoms with Gasteiger partial charge in [-0.05, 0) is 29.8 Å². The molecule has 18 heavy (non-hydrogen) atoms. The molecule has 0 fully saturated rings. The van der Waals surface area contributed by atoms with Crippen LogP contribution in [0, 0.1) is 0 Å². The van der Waals surface area contributed by atoms with E-state index in [1.807, 2.05) is 0 Å². The zero-order chi connectivity index (χ0) is 13.3. The predicted octanol–water partition coefficient (Wildman–Crippen LogP) is 3.54. The third-order valence-electron chi connectivity index (χ3n) is 2.60. The van der Waals surface area contributed by atoms with Crippen LogP contribution in [0.1, 0.15) is 5.56 Å². The highest BCUT2D eigenvalue weighted by atomic mass is 19.4. The van der Waals surface area contributed by atoms with Crippen molar-refractivity contribution in [3.05, 3.63) is 48.0 Å². The molecule has 5 heteroatoms. The summed E-state index contributed by atoms with van der Waals surface area (Å²) in [4.78, 5) is 0. The Hall–Kier alpha value is -2.17. The van der Waals surface area contributed by atoms with Crippen LogP contribution >= 0.6 is 0 Å². The summed E-state index contributed by atoms with van der Waals surface area (Å²) >= 11 is 0. The minimum atomic E-state index is -4.33. The summed E-state index contributed by atoms with van der Waals surface area (Å²) in [5, 5.41) is 0. The van der Waals surface area contributed by atoms with Gasteiger partial charge in [0.1, 0.15) is 0 Å². The lowest BCUT2D eigenvalue weighted by atomic mass is 10.0. The zero-order valence-electron chi connectivity index (χ0n) is 9.33. The van der Waals surface area contributed by atoms with Crippen molar-refractivity contribution in [1.29, 1.82) is 0 Å². The monoisotopic (exact) mass is 252 g/mol. The van der Waals surface area contributed by atoms with Crippen molar-refractivity contribution in [3.8, 4) is 11.1 Å². The van der Waals surface area contributed by atoms with Crippen LogP contribution in [0.15, 0.2) is 42.5 Å². The zero-order valence-corrected chi connectivity index (χ0v) is 9.33. The number of hydrogen-bond acceptors (Lipinski definition) is 2. The number of anilines is 2. The average molecular weight is 252 g/mol. The molecule has 0 atom stereocenters. The van der Waals surface area contributed by atoms with Gasteiger partial charge >= 0.3 is 6.18 Å². The molecule has 0 saturated carbocycles. The van der Waals surface area contributed by atoms with Crippen molar-refractivity contribution in [2.24, 2.45) is 0 Å². The first-order valence-corrected chi connectivity index (χ1v) is 5.20. The van der Waals surface area contributed by atoms with Crippen LogP contribution in [-0.2, 0) is 6.18 Å². The van der Waals surface area contributed by atoms with Crippen molar-refractivity contribution in [2.75, 3.05) is 11.5 Å². The van der Waals surface area contributed by atoms with Gasteiger partial charge in [-0.25, -0.2) is 0 Å². The molecule has 0 aliphatic rings. The highest BCUT2D eigenvalue weighted by Gasteiger charge is 2.29. The summed E-state index contributed by atoms with van der Waals surface area (Å²) in [6.45, 7) is 0. The maximum absolute atomic E-state index is 12.4. The molecule has 0 heterocycles. The van der Waals surface area contributed by atoms with E-state index in [2.05, 4.69) is 0 Å². The molecule has 0 aliphatic heterocycles. The number of halogens is 3. The van der Waals surface area contributed by atoms with Gasteiger partial charge in [-0.3, -0.25) is 0 Å². The average Bonchev–Trinajstić information content (AvgIpc) is 2.28. The second-order valence-corrected chi connectivity index (χ2v) is 3.92. The molecule has 0 saturated heterocycles. The first kappa shape index (κ1) is 12.3. The van der Waals surface area contributed by atoms with Gasteiger partial charge in [-0.2, -0.15) is 13.2 Å². The lowest BCUT2D eigenvalue weighted by Gasteiger charge is -2.09. The Balaban J connectivity index is 2.41. The van der Waals surface area contributed by atoms with E-state index in [1.165, 1.54) is 12.1 Å². The van der Waals surface area contributed by atoms with Gasteiger partial charge in [0.2, 0.25) is 0 Å². The quantitative estimate of drug-likeness (QED) is 0.763. The van der Waals surface area contributed by atoms with Gasteiger partial charge in [0.05, 0.1) is 5.56 Å². The number of nitrogens with two attached hydrogens (primary N) is 2. The highest BCUT2D eigenvalue weighted by Crippen LogP contribution is 2.32. The van der Waals surface area contributed by atoms with Gasteiger partial charge in [0.15, 0.2) is 0 Å². The molecule has 0 bridgehead atoms. The van der Waals surface area contributed by atoms with E-state index in [0.717, 1.165) is 12.1 Å². The Morgan fingerprint density at radius 2 is 1.44 bits per heavy atom. The molecular weight excluding hydrogens is 241 g/mol. The SMILES string of the molecule is Nc1ccc(-c2ccc(C(F)(F)F)cc2)c(N)c1. The van der Waals surface area contributed by atoms with Gasteiger partial charge < -0.3 is 11.5 Å². The molecule has 0 aromatic heterocycles. The predicted molar refractivity (Wildman–Crippen MR) is 65.7 cm³/mol. The second-order valence-electron chi connectivity index (χ2n) is 3.92. The smallest absolute Gasteiger partial charge is 0.399 e. The first-order valence-electron chi connectivity index (χ1n) is 5.20. The fraction of sp³-hybridized carbons (Fsp3) is 0.0769. The van der Waals surface area contributed by atoms with Crippen LogP contribution in [0.3, 0.4) is 0 Å². The Morgan fingerprint density at radius 3 is 1.94 bits per heavy atom. The summed E-state index contributed by atoms with van der Waals surface area (Å²) in [5.41, 5.74) is 12.9. The number of nitrogen functional groups attached to an aromatic ring is 2. The fourth-order valence-electron chi connectivity index (χ4n) is 1.68. The minimum absolute atomic E-state index is 0.440. The summed E-state index contributed by atoms with van der Waals surface area (Å²) < 4.78 is 37.2. The standard InChI is InChI=1S/C13H11F3N2/c14-13(15,16)9-3-1-8(2-4-9)11-6-5-10(17)7-12(11)18/h1-7H,17-18H2. The fourth-order valence-corrected chi connectivity index (χ4v) is 1.68. The van der Waals surface area contributed by atoms with Gasteiger partial charge in [0, 0.05) is 16.9 Å².